The van der Waals surface area contributed by atoms with Gasteiger partial charge in [0.05, 0.1) is 0 Å². The second kappa shape index (κ2) is 11.2. The summed E-state index contributed by atoms with van der Waals surface area (Å²) in [6.07, 6.45) is 0. The minimum Gasteiger partial charge on any atom is -0.287 e. The zero-order chi connectivity index (χ0) is 37.8. The van der Waals surface area contributed by atoms with Gasteiger partial charge in [-0.15, -0.1) is 22.7 Å². The summed E-state index contributed by atoms with van der Waals surface area (Å²) in [6.45, 7) is 0. The van der Waals surface area contributed by atoms with Gasteiger partial charge in [0.25, 0.3) is 0 Å². The molecule has 2 heterocycles. The summed E-state index contributed by atoms with van der Waals surface area (Å²) in [7, 11) is 0. The second-order valence-electron chi connectivity index (χ2n) is 12.4. The van der Waals surface area contributed by atoms with Crippen LogP contribution in [0.3, 0.4) is 0 Å². The summed E-state index contributed by atoms with van der Waals surface area (Å²) in [4.78, 5) is 35.3. The van der Waals surface area contributed by atoms with E-state index in [0.717, 1.165) is 46.9 Å². The van der Waals surface area contributed by atoms with Gasteiger partial charge < -0.3 is 0 Å². The number of carbonyl (C=O) groups is 2. The van der Waals surface area contributed by atoms with E-state index in [1.165, 1.54) is 12.1 Å². The lowest BCUT2D eigenvalue weighted by molar-refractivity contribution is 0.0453. The number of thiophene rings is 2. The van der Waals surface area contributed by atoms with Gasteiger partial charge in [0.1, 0.15) is 56.8 Å². The Hall–Kier alpha value is -7.10. The van der Waals surface area contributed by atoms with Gasteiger partial charge >= 0.3 is 11.8 Å². The van der Waals surface area contributed by atoms with Crippen molar-refractivity contribution in [3.8, 4) is 45.2 Å². The summed E-state index contributed by atoms with van der Waals surface area (Å²) in [5.41, 5.74) is -2.55. The van der Waals surface area contributed by atoms with E-state index >= 15 is 17.6 Å². The SMILES string of the molecule is N#CC(C#N)=C1C(=Nc2cc3c(s2)-c2cc4c(cc2C3(F)F)-c2sc(N=C3C(=O)c5ccccc5C3=C(C#N)C#N)cc2C4(F)F)C(=O)c2ccccc21. The number of ketones is 2. The summed E-state index contributed by atoms with van der Waals surface area (Å²) in [5, 5.41) is 38.3. The van der Waals surface area contributed by atoms with Crippen molar-refractivity contribution in [2.24, 2.45) is 9.98 Å². The molecule has 0 unspecified atom stereocenters. The van der Waals surface area contributed by atoms with Gasteiger partial charge in [-0.1, -0.05) is 48.5 Å². The molecule has 3 aromatic carbocycles. The molecule has 2 aromatic heterocycles. The third kappa shape index (κ3) is 4.24. The van der Waals surface area contributed by atoms with E-state index in [2.05, 4.69) is 9.98 Å². The molecule has 4 aliphatic carbocycles. The molecule has 0 saturated carbocycles. The number of nitriles is 4. The van der Waals surface area contributed by atoms with Crippen LogP contribution in [0.4, 0.5) is 27.6 Å². The number of fused-ring (bicyclic) bond motifs is 8. The molecule has 0 aliphatic heterocycles. The van der Waals surface area contributed by atoms with Gasteiger partial charge in [0.15, 0.2) is 0 Å². The Kier molecular flexibility index (Phi) is 6.80. The number of nitrogens with zero attached hydrogens (tertiary/aromatic N) is 6. The Morgan fingerprint density at radius 1 is 0.519 bits per heavy atom. The second-order valence-corrected chi connectivity index (χ2v) is 14.4. The highest BCUT2D eigenvalue weighted by molar-refractivity contribution is 7.20. The number of benzene rings is 3. The van der Waals surface area contributed by atoms with E-state index in [1.807, 2.05) is 0 Å². The maximum Gasteiger partial charge on any atom is 0.300 e. The van der Waals surface area contributed by atoms with Gasteiger partial charge in [-0.2, -0.15) is 38.6 Å². The van der Waals surface area contributed by atoms with Crippen LogP contribution in [0.2, 0.25) is 0 Å². The Labute approximate surface area is 309 Å². The molecule has 0 atom stereocenters. The average Bonchev–Trinajstić information content (AvgIpc) is 3.98. The van der Waals surface area contributed by atoms with Crippen LogP contribution in [0.1, 0.15) is 54.1 Å². The molecular weight excluding hydrogens is 737 g/mol. The van der Waals surface area contributed by atoms with Crippen LogP contribution >= 0.6 is 22.7 Å². The highest BCUT2D eigenvalue weighted by Gasteiger charge is 2.52. The third-order valence-electron chi connectivity index (χ3n) is 9.62. The Balaban J connectivity index is 1.14. The van der Waals surface area contributed by atoms with E-state index in [9.17, 15) is 30.6 Å². The first-order valence-electron chi connectivity index (χ1n) is 15.7. The maximum absolute atomic E-state index is 16.2. The zero-order valence-corrected chi connectivity index (χ0v) is 28.4. The van der Waals surface area contributed by atoms with Crippen LogP contribution in [0.25, 0.3) is 32.0 Å². The fourth-order valence-corrected chi connectivity index (χ4v) is 9.46. The number of hydrogen-bond donors (Lipinski definition) is 0. The van der Waals surface area contributed by atoms with Crippen molar-refractivity contribution in [2.45, 2.75) is 11.8 Å². The summed E-state index contributed by atoms with van der Waals surface area (Å²) < 4.78 is 64.9. The van der Waals surface area contributed by atoms with Crippen LogP contribution in [-0.4, -0.2) is 23.0 Å². The third-order valence-corrected chi connectivity index (χ3v) is 11.7. The predicted octanol–water partition coefficient (Wildman–Crippen LogP) is 9.59. The van der Waals surface area contributed by atoms with Crippen molar-refractivity contribution in [3.63, 3.8) is 0 Å². The monoisotopic (exact) mass is 748 g/mol. The molecule has 9 rings (SSSR count). The smallest absolute Gasteiger partial charge is 0.287 e. The number of hydrogen-bond acceptors (Lipinski definition) is 10. The molecule has 14 heteroatoms. The maximum atomic E-state index is 16.2. The molecular formula is C40H12F4N6O2S2. The zero-order valence-electron chi connectivity index (χ0n) is 26.8. The van der Waals surface area contributed by atoms with E-state index < -0.39 is 45.7 Å². The number of rotatable bonds is 2. The lowest BCUT2D eigenvalue weighted by atomic mass is 9.99. The summed E-state index contributed by atoms with van der Waals surface area (Å²) >= 11 is 1.53. The normalized spacial score (nSPS) is 17.6. The molecule has 5 aromatic rings. The van der Waals surface area contributed by atoms with Crippen LogP contribution in [0.5, 0.6) is 0 Å². The number of allylic oxidation sites excluding steroid dienone is 4. The van der Waals surface area contributed by atoms with Crippen molar-refractivity contribution >= 4 is 66.8 Å². The first-order chi connectivity index (χ1) is 25.9. The minimum atomic E-state index is -3.65. The van der Waals surface area contributed by atoms with Crippen LogP contribution in [0, 0.1) is 45.3 Å². The van der Waals surface area contributed by atoms with Crippen LogP contribution in [-0.2, 0) is 11.8 Å². The standard InChI is InChI=1S/C40H12F4N6O2S2/c41-39(42)25-10-24-26(9-23(25)37-27(39)11-29(53-37)49-33-31(17(13-45)14-46)19-5-1-3-7-21(19)35(33)51)40(43,44)28-12-30(54-38(24)28)50-34-32(18(15-47)16-48)20-6-2-4-8-22(20)36(34)52/h1-12H. The molecule has 0 spiro atoms. The Morgan fingerprint density at radius 2 is 0.870 bits per heavy atom. The molecule has 54 heavy (non-hydrogen) atoms. The van der Waals surface area contributed by atoms with E-state index in [-0.39, 0.29) is 75.7 Å². The van der Waals surface area contributed by atoms with Crippen molar-refractivity contribution < 1.29 is 27.2 Å². The van der Waals surface area contributed by atoms with Gasteiger partial charge in [0, 0.05) is 65.4 Å². The molecule has 0 N–H and O–H groups in total. The predicted molar refractivity (Wildman–Crippen MR) is 191 cm³/mol. The summed E-state index contributed by atoms with van der Waals surface area (Å²) in [6, 6.07) is 23.8. The number of aliphatic imine (C=N–C) groups is 2. The quantitative estimate of drug-likeness (QED) is 0.129. The number of alkyl halides is 4. The highest BCUT2D eigenvalue weighted by atomic mass is 32.1. The number of halogens is 4. The molecule has 4 aliphatic rings. The van der Waals surface area contributed by atoms with E-state index in [4.69, 9.17) is 0 Å². The van der Waals surface area contributed by atoms with Gasteiger partial charge in [0.2, 0.25) is 11.6 Å². The lowest BCUT2D eigenvalue weighted by Gasteiger charge is -2.15. The van der Waals surface area contributed by atoms with Gasteiger partial charge in [-0.3, -0.25) is 9.59 Å². The molecule has 0 fully saturated rings. The topological polar surface area (TPSA) is 154 Å². The fraction of sp³-hybridized carbons (Fsp3) is 0.0500. The fourth-order valence-electron chi connectivity index (χ4n) is 7.27. The van der Waals surface area contributed by atoms with Crippen LogP contribution < -0.4 is 0 Å². The van der Waals surface area contributed by atoms with Crippen LogP contribution in [0.15, 0.2) is 93.9 Å². The Bertz CT molecular complexity index is 2760. The van der Waals surface area contributed by atoms with Gasteiger partial charge in [-0.25, -0.2) is 9.98 Å². The van der Waals surface area contributed by atoms with E-state index in [0.29, 0.717) is 11.1 Å². The molecule has 0 bridgehead atoms. The molecule has 0 saturated heterocycles. The van der Waals surface area contributed by atoms with Gasteiger partial charge in [-0.05, 0) is 35.4 Å². The van der Waals surface area contributed by atoms with E-state index in [1.54, 1.807) is 60.7 Å². The Morgan fingerprint density at radius 3 is 1.22 bits per heavy atom. The highest BCUT2D eigenvalue weighted by Crippen LogP contribution is 2.62. The molecule has 8 nitrogen and oxygen atoms in total. The first kappa shape index (κ1) is 32.8. The molecule has 0 radical (unpaired) electrons. The van der Waals surface area contributed by atoms with Crippen molar-refractivity contribution in [1.29, 1.82) is 21.0 Å². The number of carbonyl (C=O) groups excluding carboxylic acids is 2. The van der Waals surface area contributed by atoms with Crippen molar-refractivity contribution in [2.75, 3.05) is 0 Å². The van der Waals surface area contributed by atoms with Crippen molar-refractivity contribution in [1.82, 2.24) is 0 Å². The minimum absolute atomic E-state index is 0.0147. The largest absolute Gasteiger partial charge is 0.300 e. The lowest BCUT2D eigenvalue weighted by Crippen LogP contribution is -2.13. The van der Waals surface area contributed by atoms with Crippen molar-refractivity contribution in [3.05, 3.63) is 128 Å². The molecule has 0 amide bonds. The first-order valence-corrected chi connectivity index (χ1v) is 17.4. The summed E-state index contributed by atoms with van der Waals surface area (Å²) in [5.74, 6) is -8.49. The number of Topliss-reactive ketones (excluding diaryl/α,β-unsaturated/α-hetero) is 2. The average molecular weight is 749 g/mol. The molecule has 254 valence electrons.